The van der Waals surface area contributed by atoms with Gasteiger partial charge < -0.3 is 20.1 Å². The van der Waals surface area contributed by atoms with E-state index in [-0.39, 0.29) is 28.6 Å². The molecule has 10 nitrogen and oxygen atoms in total. The molecule has 0 fully saturated rings. The molecule has 0 unspecified atom stereocenters. The van der Waals surface area contributed by atoms with Gasteiger partial charge >= 0.3 is 5.97 Å². The molecule has 11 heteroatoms. The van der Waals surface area contributed by atoms with E-state index < -0.39 is 29.7 Å². The zero-order valence-electron chi connectivity index (χ0n) is 26.1. The normalized spacial score (nSPS) is 14.9. The SMILES string of the molecule is Cn1cc(-c2cccc(-n3ncc4c(c3=O)[C@@H](F)CC(C(C)(C)C)=C4)c2CO)cc(Nc2ccc(C(C)(C)C(=O)O)cn2)c1=O. The number of pyridine rings is 2. The van der Waals surface area contributed by atoms with Crippen molar-refractivity contribution in [3.05, 3.63) is 104 Å². The molecule has 0 bridgehead atoms. The van der Waals surface area contributed by atoms with Crippen molar-refractivity contribution >= 4 is 23.6 Å². The number of hydrogen-bond donors (Lipinski definition) is 3. The van der Waals surface area contributed by atoms with Gasteiger partial charge in [-0.15, -0.1) is 0 Å². The smallest absolute Gasteiger partial charge is 0.313 e. The summed E-state index contributed by atoms with van der Waals surface area (Å²) < 4.78 is 18.0. The summed E-state index contributed by atoms with van der Waals surface area (Å²) in [6, 6.07) is 9.92. The largest absolute Gasteiger partial charge is 0.481 e. The summed E-state index contributed by atoms with van der Waals surface area (Å²) >= 11 is 0. The lowest BCUT2D eigenvalue weighted by Crippen LogP contribution is -2.30. The van der Waals surface area contributed by atoms with E-state index in [0.29, 0.717) is 39.3 Å². The van der Waals surface area contributed by atoms with Crippen LogP contribution in [0.1, 0.15) is 69.5 Å². The molecule has 0 saturated heterocycles. The second-order valence-corrected chi connectivity index (χ2v) is 12.8. The number of aliphatic hydroxyl groups is 1. The Kier molecular flexibility index (Phi) is 8.09. The molecule has 3 aromatic heterocycles. The van der Waals surface area contributed by atoms with E-state index in [0.717, 1.165) is 10.3 Å². The standard InChI is InChI=1S/C34H36FN5O5/c1-33(2,3)22-12-19-15-37-40(31(43)29(19)25(35)14-22)27-9-7-8-23(24(27)18-41)20-13-26(30(42)39(6)17-20)38-28-11-10-21(16-36-28)34(4,5)32(44)45/h7-13,15-17,25,41H,14,18H2,1-6H3,(H,36,38)(H,44,45)/t25-/m0/s1. The third-order valence-electron chi connectivity index (χ3n) is 8.37. The number of aromatic nitrogens is 4. The number of benzene rings is 1. The highest BCUT2D eigenvalue weighted by Gasteiger charge is 2.31. The second kappa shape index (κ2) is 11.6. The van der Waals surface area contributed by atoms with Crippen LogP contribution in [0.3, 0.4) is 0 Å². The molecule has 1 atom stereocenters. The minimum atomic E-state index is -1.49. The second-order valence-electron chi connectivity index (χ2n) is 12.8. The Hall–Kier alpha value is -4.90. The van der Waals surface area contributed by atoms with Crippen LogP contribution in [0.2, 0.25) is 0 Å². The van der Waals surface area contributed by atoms with E-state index in [9.17, 15) is 24.6 Å². The minimum Gasteiger partial charge on any atom is -0.481 e. The number of anilines is 2. The van der Waals surface area contributed by atoms with Gasteiger partial charge in [-0.2, -0.15) is 9.78 Å². The summed E-state index contributed by atoms with van der Waals surface area (Å²) in [6.07, 6.45) is 5.00. The lowest BCUT2D eigenvalue weighted by molar-refractivity contribution is -0.142. The van der Waals surface area contributed by atoms with Crippen molar-refractivity contribution in [3.8, 4) is 16.8 Å². The molecular formula is C34H36FN5O5. The van der Waals surface area contributed by atoms with E-state index in [1.807, 2.05) is 26.8 Å². The van der Waals surface area contributed by atoms with Crippen molar-refractivity contribution in [1.82, 2.24) is 19.3 Å². The quantitative estimate of drug-likeness (QED) is 0.251. The molecule has 4 aromatic rings. The number of aliphatic carboxylic acids is 1. The lowest BCUT2D eigenvalue weighted by atomic mass is 9.78. The van der Waals surface area contributed by atoms with Gasteiger partial charge in [-0.25, -0.2) is 9.37 Å². The monoisotopic (exact) mass is 613 g/mol. The van der Waals surface area contributed by atoms with Crippen LogP contribution in [0.5, 0.6) is 0 Å². The zero-order chi connectivity index (χ0) is 32.8. The highest BCUT2D eigenvalue weighted by molar-refractivity contribution is 5.80. The fourth-order valence-electron chi connectivity index (χ4n) is 5.40. The number of fused-ring (bicyclic) bond motifs is 1. The number of aliphatic hydroxyl groups excluding tert-OH is 1. The fraction of sp³-hybridized carbons (Fsp3) is 0.324. The van der Waals surface area contributed by atoms with Gasteiger partial charge in [0.1, 0.15) is 17.7 Å². The zero-order valence-corrected chi connectivity index (χ0v) is 26.1. The summed E-state index contributed by atoms with van der Waals surface area (Å²) in [4.78, 5) is 42.6. The van der Waals surface area contributed by atoms with Crippen LogP contribution in [0.4, 0.5) is 15.9 Å². The molecular weight excluding hydrogens is 577 g/mol. The van der Waals surface area contributed by atoms with Crippen LogP contribution in [-0.2, 0) is 23.9 Å². The predicted octanol–water partition coefficient (Wildman–Crippen LogP) is 5.44. The molecule has 1 aromatic carbocycles. The maximum atomic E-state index is 15.5. The minimum absolute atomic E-state index is 0.0335. The van der Waals surface area contributed by atoms with Gasteiger partial charge in [0.2, 0.25) is 0 Å². The molecule has 3 N–H and O–H groups in total. The van der Waals surface area contributed by atoms with Crippen molar-refractivity contribution < 1.29 is 19.4 Å². The number of alkyl halides is 1. The van der Waals surface area contributed by atoms with Gasteiger partial charge in [0.25, 0.3) is 11.1 Å². The van der Waals surface area contributed by atoms with Crippen LogP contribution in [0.25, 0.3) is 22.9 Å². The predicted molar refractivity (Wildman–Crippen MR) is 171 cm³/mol. The van der Waals surface area contributed by atoms with Crippen molar-refractivity contribution in [2.45, 2.75) is 59.2 Å². The summed E-state index contributed by atoms with van der Waals surface area (Å²) in [7, 11) is 1.58. The number of nitrogens with zero attached hydrogens (tertiary/aromatic N) is 4. The maximum Gasteiger partial charge on any atom is 0.313 e. The van der Waals surface area contributed by atoms with E-state index in [1.165, 1.54) is 17.0 Å². The molecule has 0 saturated carbocycles. The number of rotatable bonds is 7. The first kappa shape index (κ1) is 31.5. The number of carbonyl (C=O) groups is 1. The summed E-state index contributed by atoms with van der Waals surface area (Å²) in [6.45, 7) is 8.70. The Balaban J connectivity index is 1.56. The average molecular weight is 614 g/mol. The highest BCUT2D eigenvalue weighted by atomic mass is 19.1. The number of hydrogen-bond acceptors (Lipinski definition) is 7. The Morgan fingerprint density at radius 3 is 2.44 bits per heavy atom. The molecule has 5 rings (SSSR count). The molecule has 234 valence electrons. The summed E-state index contributed by atoms with van der Waals surface area (Å²) in [5.41, 5.74) is 1.49. The Bertz CT molecular complexity index is 1950. The van der Waals surface area contributed by atoms with E-state index in [1.54, 1.807) is 63.5 Å². The van der Waals surface area contributed by atoms with Gasteiger partial charge in [0, 0.05) is 42.6 Å². The Morgan fingerprint density at radius 2 is 1.82 bits per heavy atom. The average Bonchev–Trinajstić information content (AvgIpc) is 2.98. The third kappa shape index (κ3) is 5.83. The van der Waals surface area contributed by atoms with Gasteiger partial charge in [-0.3, -0.25) is 14.4 Å². The number of halogens is 1. The van der Waals surface area contributed by atoms with Crippen LogP contribution < -0.4 is 16.4 Å². The first-order chi connectivity index (χ1) is 21.1. The molecule has 0 aliphatic heterocycles. The van der Waals surface area contributed by atoms with Gasteiger partial charge in [0.05, 0.1) is 29.5 Å². The molecule has 0 spiro atoms. The van der Waals surface area contributed by atoms with E-state index in [4.69, 9.17) is 0 Å². The number of carboxylic acids is 1. The first-order valence-electron chi connectivity index (χ1n) is 14.5. The molecule has 1 aliphatic rings. The van der Waals surface area contributed by atoms with Crippen molar-refractivity contribution in [3.63, 3.8) is 0 Å². The molecule has 45 heavy (non-hydrogen) atoms. The number of aryl methyl sites for hydroxylation is 1. The maximum absolute atomic E-state index is 15.5. The highest BCUT2D eigenvalue weighted by Crippen LogP contribution is 2.40. The van der Waals surface area contributed by atoms with Gasteiger partial charge in [-0.05, 0) is 48.6 Å². The topological polar surface area (TPSA) is 139 Å². The van der Waals surface area contributed by atoms with Gasteiger partial charge in [-0.1, -0.05) is 50.6 Å². The molecule has 3 heterocycles. The van der Waals surface area contributed by atoms with Crippen molar-refractivity contribution in [2.75, 3.05) is 5.32 Å². The number of allylic oxidation sites excluding steroid dienone is 1. The van der Waals surface area contributed by atoms with E-state index >= 15 is 4.39 Å². The number of carboxylic acid groups (broad SMARTS) is 1. The Morgan fingerprint density at radius 1 is 1.09 bits per heavy atom. The first-order valence-corrected chi connectivity index (χ1v) is 14.5. The van der Waals surface area contributed by atoms with Crippen molar-refractivity contribution in [2.24, 2.45) is 12.5 Å². The van der Waals surface area contributed by atoms with Crippen LogP contribution in [-0.4, -0.2) is 35.5 Å². The van der Waals surface area contributed by atoms with Gasteiger partial charge in [0.15, 0.2) is 0 Å². The van der Waals surface area contributed by atoms with Crippen molar-refractivity contribution in [1.29, 1.82) is 0 Å². The molecule has 0 amide bonds. The van der Waals surface area contributed by atoms with Crippen LogP contribution >= 0.6 is 0 Å². The fourth-order valence-corrected chi connectivity index (χ4v) is 5.40. The number of nitrogens with one attached hydrogen (secondary N) is 1. The van der Waals surface area contributed by atoms with Crippen LogP contribution in [0.15, 0.2) is 70.2 Å². The molecule has 1 aliphatic carbocycles. The van der Waals surface area contributed by atoms with Crippen LogP contribution in [0, 0.1) is 5.41 Å². The molecule has 0 radical (unpaired) electrons. The third-order valence-corrected chi connectivity index (χ3v) is 8.37. The lowest BCUT2D eigenvalue weighted by Gasteiger charge is -2.29. The Labute approximate surface area is 259 Å². The van der Waals surface area contributed by atoms with E-state index in [2.05, 4.69) is 15.4 Å². The summed E-state index contributed by atoms with van der Waals surface area (Å²) in [5.74, 6) is -0.656. The summed E-state index contributed by atoms with van der Waals surface area (Å²) in [5, 5.41) is 27.4.